The molecule has 0 amide bonds. The average Bonchev–Trinajstić information content (AvgIpc) is 2.20. The van der Waals surface area contributed by atoms with Crippen LogP contribution in [0, 0.1) is 0 Å². The van der Waals surface area contributed by atoms with Crippen molar-refractivity contribution in [3.8, 4) is 0 Å². The van der Waals surface area contributed by atoms with Gasteiger partial charge in [0.25, 0.3) is 0 Å². The third-order valence-corrected chi connectivity index (χ3v) is 8.52. The minimum absolute atomic E-state index is 0.795. The minimum Gasteiger partial charge on any atom is -0.127 e. The summed E-state index contributed by atoms with van der Waals surface area (Å²) in [6.45, 7) is 7.02. The van der Waals surface area contributed by atoms with Crippen molar-refractivity contribution in [3.05, 3.63) is 11.8 Å². The summed E-state index contributed by atoms with van der Waals surface area (Å²) in [5, 5.41) is 0. The van der Waals surface area contributed by atoms with E-state index < -0.39 is 8.07 Å². The van der Waals surface area contributed by atoms with Gasteiger partial charge in [-0.25, -0.2) is 0 Å². The van der Waals surface area contributed by atoms with Crippen LogP contribution in [0.15, 0.2) is 11.8 Å². The monoisotopic (exact) mass is 218 g/mol. The van der Waals surface area contributed by atoms with Crippen LogP contribution in [0.1, 0.15) is 33.6 Å². The lowest BCUT2D eigenvalue weighted by molar-refractivity contribution is 0.966. The summed E-state index contributed by atoms with van der Waals surface area (Å²) in [5.41, 5.74) is 2.54. The number of alkyl halides is 1. The van der Waals surface area contributed by atoms with Crippen molar-refractivity contribution in [3.63, 3.8) is 0 Å². The maximum absolute atomic E-state index is 5.63. The highest BCUT2D eigenvalue weighted by molar-refractivity contribution is 6.84. The largest absolute Gasteiger partial charge is 0.127 e. The highest BCUT2D eigenvalue weighted by atomic mass is 35.5. The van der Waals surface area contributed by atoms with Gasteiger partial charge in [-0.15, -0.1) is 11.6 Å². The van der Waals surface area contributed by atoms with Crippen LogP contribution in [0.3, 0.4) is 0 Å². The molecular formula is C11H23ClSi. The molecule has 2 heteroatoms. The molecule has 0 bridgehead atoms. The third-order valence-electron chi connectivity index (χ3n) is 3.09. The first-order valence-electron chi connectivity index (χ1n) is 5.48. The van der Waals surface area contributed by atoms with Gasteiger partial charge in [0.1, 0.15) is 0 Å². The first kappa shape index (κ1) is 13.2. The second-order valence-corrected chi connectivity index (χ2v) is 9.21. The van der Waals surface area contributed by atoms with Gasteiger partial charge in [-0.05, 0) is 12.8 Å². The van der Waals surface area contributed by atoms with Crippen LogP contribution >= 0.6 is 11.6 Å². The number of hydrogen-bond acceptors (Lipinski definition) is 0. The van der Waals surface area contributed by atoms with Crippen molar-refractivity contribution in [2.75, 3.05) is 5.88 Å². The molecule has 0 saturated heterocycles. The normalized spacial score (nSPS) is 12.6. The fraction of sp³-hybridized carbons (Fsp3) is 0.818. The highest BCUT2D eigenvalue weighted by Gasteiger charge is 2.22. The lowest BCUT2D eigenvalue weighted by Crippen LogP contribution is -2.28. The molecule has 0 unspecified atom stereocenters. The molecule has 13 heavy (non-hydrogen) atoms. The fourth-order valence-electron chi connectivity index (χ4n) is 1.63. The number of rotatable bonds is 7. The Hall–Kier alpha value is 0.247. The Morgan fingerprint density at radius 1 is 1.08 bits per heavy atom. The highest BCUT2D eigenvalue weighted by Crippen LogP contribution is 2.21. The minimum atomic E-state index is -0.991. The van der Waals surface area contributed by atoms with E-state index >= 15 is 0 Å². The molecule has 0 heterocycles. The summed E-state index contributed by atoms with van der Waals surface area (Å²) in [6.07, 6.45) is 4.66. The smallest absolute Gasteiger partial charge is 0.0766 e. The standard InChI is InChI=1S/C11H23ClSi/c1-4-13(5-2,6-3)11-9-7-8-10-12/h9,11H,4-8,10H2,1-3H3/b11-9+. The Balaban J connectivity index is 4.00. The lowest BCUT2D eigenvalue weighted by Gasteiger charge is -2.23. The van der Waals surface area contributed by atoms with Crippen molar-refractivity contribution in [1.29, 1.82) is 0 Å². The molecule has 0 aliphatic rings. The summed E-state index contributed by atoms with van der Waals surface area (Å²) in [4.78, 5) is 0. The van der Waals surface area contributed by atoms with Gasteiger partial charge in [-0.3, -0.25) is 0 Å². The van der Waals surface area contributed by atoms with E-state index in [0.29, 0.717) is 0 Å². The molecule has 0 aromatic rings. The average molecular weight is 219 g/mol. The predicted octanol–water partition coefficient (Wildman–Crippen LogP) is 4.61. The van der Waals surface area contributed by atoms with Gasteiger partial charge in [0, 0.05) is 5.88 Å². The molecule has 0 atom stereocenters. The van der Waals surface area contributed by atoms with Crippen molar-refractivity contribution in [2.45, 2.75) is 51.7 Å². The Bertz CT molecular complexity index is 131. The molecule has 0 radical (unpaired) electrons. The van der Waals surface area contributed by atoms with Gasteiger partial charge in [0.15, 0.2) is 0 Å². The second-order valence-electron chi connectivity index (χ2n) is 3.66. The molecule has 0 fully saturated rings. The van der Waals surface area contributed by atoms with Crippen LogP contribution in [-0.4, -0.2) is 14.0 Å². The zero-order chi connectivity index (χ0) is 10.2. The van der Waals surface area contributed by atoms with Crippen molar-refractivity contribution < 1.29 is 0 Å². The molecule has 0 aromatic carbocycles. The van der Waals surface area contributed by atoms with Gasteiger partial charge < -0.3 is 0 Å². The summed E-state index contributed by atoms with van der Waals surface area (Å²) in [5.74, 6) is 0.795. The fourth-order valence-corrected chi connectivity index (χ4v) is 4.66. The van der Waals surface area contributed by atoms with Crippen LogP contribution < -0.4 is 0 Å². The van der Waals surface area contributed by atoms with Gasteiger partial charge in [-0.1, -0.05) is 50.7 Å². The van der Waals surface area contributed by atoms with E-state index in [4.69, 9.17) is 11.6 Å². The van der Waals surface area contributed by atoms with E-state index in [1.165, 1.54) is 18.1 Å². The zero-order valence-electron chi connectivity index (χ0n) is 9.28. The number of unbranched alkanes of at least 4 members (excludes halogenated alkanes) is 1. The molecule has 0 saturated carbocycles. The molecule has 0 spiro atoms. The Labute approximate surface area is 89.4 Å². The summed E-state index contributed by atoms with van der Waals surface area (Å²) >= 11 is 5.63. The van der Waals surface area contributed by atoms with Crippen LogP contribution in [0.5, 0.6) is 0 Å². The maximum Gasteiger partial charge on any atom is 0.0766 e. The van der Waals surface area contributed by atoms with Gasteiger partial charge in [0.05, 0.1) is 8.07 Å². The van der Waals surface area contributed by atoms with Crippen molar-refractivity contribution >= 4 is 19.7 Å². The lowest BCUT2D eigenvalue weighted by atomic mass is 10.3. The SMILES string of the molecule is CC[Si](/C=C/CCCCl)(CC)CC. The molecular weight excluding hydrogens is 196 g/mol. The third kappa shape index (κ3) is 4.87. The Morgan fingerprint density at radius 3 is 2.00 bits per heavy atom. The number of allylic oxidation sites excluding steroid dienone is 1. The first-order valence-corrected chi connectivity index (χ1v) is 8.71. The Kier molecular flexibility index (Phi) is 7.78. The second kappa shape index (κ2) is 7.63. The Morgan fingerprint density at radius 2 is 1.62 bits per heavy atom. The van der Waals surface area contributed by atoms with E-state index in [1.807, 2.05) is 0 Å². The van der Waals surface area contributed by atoms with E-state index in [1.54, 1.807) is 0 Å². The molecule has 78 valence electrons. The molecule has 0 nitrogen and oxygen atoms in total. The van der Waals surface area contributed by atoms with Crippen LogP contribution in [0.2, 0.25) is 18.1 Å². The molecule has 0 aliphatic heterocycles. The van der Waals surface area contributed by atoms with Crippen molar-refractivity contribution in [1.82, 2.24) is 0 Å². The van der Waals surface area contributed by atoms with E-state index in [2.05, 4.69) is 32.5 Å². The number of halogens is 1. The topological polar surface area (TPSA) is 0 Å². The summed E-state index contributed by atoms with van der Waals surface area (Å²) in [7, 11) is -0.991. The van der Waals surface area contributed by atoms with E-state index in [0.717, 1.165) is 18.7 Å². The van der Waals surface area contributed by atoms with Crippen LogP contribution in [0.4, 0.5) is 0 Å². The number of hydrogen-bond donors (Lipinski definition) is 0. The first-order chi connectivity index (χ1) is 6.24. The van der Waals surface area contributed by atoms with Gasteiger partial charge in [0.2, 0.25) is 0 Å². The molecule has 0 aliphatic carbocycles. The molecule has 0 rings (SSSR count). The summed E-state index contributed by atoms with van der Waals surface area (Å²) < 4.78 is 0. The summed E-state index contributed by atoms with van der Waals surface area (Å²) in [6, 6.07) is 4.16. The quantitative estimate of drug-likeness (QED) is 0.333. The maximum atomic E-state index is 5.63. The van der Waals surface area contributed by atoms with Gasteiger partial charge in [-0.2, -0.15) is 0 Å². The van der Waals surface area contributed by atoms with Crippen LogP contribution in [-0.2, 0) is 0 Å². The molecule has 0 N–H and O–H groups in total. The predicted molar refractivity (Wildman–Crippen MR) is 66.3 cm³/mol. The van der Waals surface area contributed by atoms with E-state index in [9.17, 15) is 0 Å². The van der Waals surface area contributed by atoms with E-state index in [-0.39, 0.29) is 0 Å². The van der Waals surface area contributed by atoms with Crippen LogP contribution in [0.25, 0.3) is 0 Å². The molecule has 0 aromatic heterocycles. The zero-order valence-corrected chi connectivity index (χ0v) is 11.0. The van der Waals surface area contributed by atoms with Crippen molar-refractivity contribution in [2.24, 2.45) is 0 Å². The van der Waals surface area contributed by atoms with Gasteiger partial charge >= 0.3 is 0 Å².